The second-order valence-electron chi connectivity index (χ2n) is 9.94. The summed E-state index contributed by atoms with van der Waals surface area (Å²) in [6, 6.07) is 11.2. The van der Waals surface area contributed by atoms with Crippen molar-refractivity contribution in [3.8, 4) is 17.2 Å². The second kappa shape index (κ2) is 11.5. The SMILES string of the molecule is COc1cc(CC(N)=O)ccc1CN1CC(C)CN(c2ccc(OC)c(OCCCC3CC3)c2)C1=O. The molecule has 1 atom stereocenters. The summed E-state index contributed by atoms with van der Waals surface area (Å²) in [6.07, 6.45) is 5.05. The molecule has 2 aromatic rings. The van der Waals surface area contributed by atoms with Crippen LogP contribution >= 0.6 is 0 Å². The van der Waals surface area contributed by atoms with E-state index >= 15 is 0 Å². The Hall–Kier alpha value is -3.42. The Bertz CT molecular complexity index is 1080. The summed E-state index contributed by atoms with van der Waals surface area (Å²) >= 11 is 0. The molecule has 2 N–H and O–H groups in total. The van der Waals surface area contributed by atoms with E-state index in [0.717, 1.165) is 29.2 Å². The van der Waals surface area contributed by atoms with Gasteiger partial charge in [0.05, 0.1) is 33.8 Å². The predicted molar refractivity (Wildman–Crippen MR) is 139 cm³/mol. The van der Waals surface area contributed by atoms with E-state index in [2.05, 4.69) is 6.92 Å². The highest BCUT2D eigenvalue weighted by Crippen LogP contribution is 2.36. The van der Waals surface area contributed by atoms with E-state index < -0.39 is 5.91 Å². The monoisotopic (exact) mass is 495 g/mol. The van der Waals surface area contributed by atoms with Crippen LogP contribution in [0.1, 0.15) is 43.7 Å². The summed E-state index contributed by atoms with van der Waals surface area (Å²) in [5.74, 6) is 2.71. The minimum atomic E-state index is -0.397. The van der Waals surface area contributed by atoms with E-state index in [9.17, 15) is 9.59 Å². The Morgan fingerprint density at radius 2 is 1.81 bits per heavy atom. The summed E-state index contributed by atoms with van der Waals surface area (Å²) in [6.45, 7) is 4.44. The van der Waals surface area contributed by atoms with Crippen LogP contribution in [0, 0.1) is 11.8 Å². The predicted octanol–water partition coefficient (Wildman–Crippen LogP) is 4.38. The molecule has 1 heterocycles. The van der Waals surface area contributed by atoms with E-state index in [1.165, 1.54) is 19.3 Å². The Morgan fingerprint density at radius 1 is 1.03 bits per heavy atom. The summed E-state index contributed by atoms with van der Waals surface area (Å²) in [5.41, 5.74) is 7.78. The maximum absolute atomic E-state index is 13.6. The van der Waals surface area contributed by atoms with Gasteiger partial charge < -0.3 is 24.8 Å². The average Bonchev–Trinajstić information content (AvgIpc) is 3.68. The first-order chi connectivity index (χ1) is 17.4. The van der Waals surface area contributed by atoms with Gasteiger partial charge in [0, 0.05) is 30.4 Å². The highest BCUT2D eigenvalue weighted by molar-refractivity contribution is 5.93. The fraction of sp³-hybridized carbons (Fsp3) is 0.500. The van der Waals surface area contributed by atoms with Crippen LogP contribution < -0.4 is 24.8 Å². The van der Waals surface area contributed by atoms with Crippen LogP contribution in [0.4, 0.5) is 10.5 Å². The molecule has 1 unspecified atom stereocenters. The van der Waals surface area contributed by atoms with Gasteiger partial charge in [-0.2, -0.15) is 0 Å². The van der Waals surface area contributed by atoms with Crippen molar-refractivity contribution >= 4 is 17.6 Å². The zero-order valence-corrected chi connectivity index (χ0v) is 21.5. The van der Waals surface area contributed by atoms with E-state index in [1.807, 2.05) is 41.3 Å². The van der Waals surface area contributed by atoms with Gasteiger partial charge in [0.2, 0.25) is 5.91 Å². The standard InChI is InChI=1S/C28H37N3O5/c1-19-16-30(18-22-9-8-21(14-27(29)32)13-25(22)35-3)28(33)31(17-19)23-10-11-24(34-2)26(15-23)36-12-4-5-20-6-7-20/h8-11,13,15,19-20H,4-7,12,14,16-18H2,1-3H3,(H2,29,32). The van der Waals surface area contributed by atoms with E-state index in [0.29, 0.717) is 43.5 Å². The summed E-state index contributed by atoms with van der Waals surface area (Å²) in [5, 5.41) is 0. The number of nitrogens with two attached hydrogens (primary N) is 1. The maximum Gasteiger partial charge on any atom is 0.324 e. The van der Waals surface area contributed by atoms with Crippen LogP contribution in [0.15, 0.2) is 36.4 Å². The normalized spacial score (nSPS) is 17.8. The largest absolute Gasteiger partial charge is 0.496 e. The number of primary amides is 1. The zero-order chi connectivity index (χ0) is 25.7. The third-order valence-electron chi connectivity index (χ3n) is 6.79. The number of hydrogen-bond acceptors (Lipinski definition) is 5. The van der Waals surface area contributed by atoms with Gasteiger partial charge in [-0.25, -0.2) is 4.79 Å². The molecule has 2 fully saturated rings. The molecule has 4 rings (SSSR count). The first-order valence-electron chi connectivity index (χ1n) is 12.7. The number of amides is 3. The highest BCUT2D eigenvalue weighted by Gasteiger charge is 2.32. The van der Waals surface area contributed by atoms with E-state index in [1.54, 1.807) is 19.1 Å². The van der Waals surface area contributed by atoms with Gasteiger partial charge >= 0.3 is 6.03 Å². The van der Waals surface area contributed by atoms with Crippen LogP contribution in [0.3, 0.4) is 0 Å². The minimum absolute atomic E-state index is 0.0683. The zero-order valence-electron chi connectivity index (χ0n) is 21.5. The first kappa shape index (κ1) is 25.7. The number of methoxy groups -OCH3 is 2. The van der Waals surface area contributed by atoms with Crippen LogP contribution in [0.25, 0.3) is 0 Å². The van der Waals surface area contributed by atoms with Crippen LogP contribution in [-0.4, -0.2) is 50.8 Å². The number of ether oxygens (including phenoxy) is 3. The lowest BCUT2D eigenvalue weighted by molar-refractivity contribution is -0.117. The van der Waals surface area contributed by atoms with Crippen molar-refractivity contribution < 1.29 is 23.8 Å². The number of rotatable bonds is 12. The highest BCUT2D eigenvalue weighted by atomic mass is 16.5. The molecule has 0 aromatic heterocycles. The summed E-state index contributed by atoms with van der Waals surface area (Å²) in [7, 11) is 3.22. The summed E-state index contributed by atoms with van der Waals surface area (Å²) < 4.78 is 17.1. The molecule has 1 aliphatic heterocycles. The van der Waals surface area contributed by atoms with Gasteiger partial charge in [-0.05, 0) is 48.4 Å². The van der Waals surface area contributed by atoms with Crippen molar-refractivity contribution in [2.45, 2.75) is 45.6 Å². The van der Waals surface area contributed by atoms with Crippen molar-refractivity contribution in [3.63, 3.8) is 0 Å². The molecular weight excluding hydrogens is 458 g/mol. The fourth-order valence-corrected chi connectivity index (χ4v) is 4.76. The van der Waals surface area contributed by atoms with Gasteiger partial charge in [0.15, 0.2) is 11.5 Å². The van der Waals surface area contributed by atoms with Crippen molar-refractivity contribution in [1.82, 2.24) is 4.90 Å². The van der Waals surface area contributed by atoms with Crippen molar-refractivity contribution in [3.05, 3.63) is 47.5 Å². The van der Waals surface area contributed by atoms with Crippen molar-refractivity contribution in [1.29, 1.82) is 0 Å². The van der Waals surface area contributed by atoms with Crippen LogP contribution in [0.2, 0.25) is 0 Å². The van der Waals surface area contributed by atoms with Crippen molar-refractivity contribution in [2.24, 2.45) is 17.6 Å². The lowest BCUT2D eigenvalue weighted by Gasteiger charge is -2.39. The third kappa shape index (κ3) is 6.42. The summed E-state index contributed by atoms with van der Waals surface area (Å²) in [4.78, 5) is 28.5. The first-order valence-corrected chi connectivity index (χ1v) is 12.7. The molecule has 2 aliphatic rings. The number of nitrogens with zero attached hydrogens (tertiary/aromatic N) is 2. The maximum atomic E-state index is 13.6. The molecule has 0 bridgehead atoms. The van der Waals surface area contributed by atoms with Gasteiger partial charge in [-0.3, -0.25) is 9.69 Å². The number of carbonyl (C=O) groups excluding carboxylic acids is 2. The molecule has 1 saturated heterocycles. The van der Waals surface area contributed by atoms with Crippen LogP contribution in [-0.2, 0) is 17.8 Å². The molecule has 3 amide bonds. The smallest absolute Gasteiger partial charge is 0.324 e. The third-order valence-corrected chi connectivity index (χ3v) is 6.79. The Balaban J connectivity index is 1.49. The Labute approximate surface area is 213 Å². The topological polar surface area (TPSA) is 94.3 Å². The number of urea groups is 1. The number of benzene rings is 2. The lowest BCUT2D eigenvalue weighted by Crippen LogP contribution is -2.52. The quantitative estimate of drug-likeness (QED) is 0.441. The second-order valence-corrected chi connectivity index (χ2v) is 9.94. The van der Waals surface area contributed by atoms with Gasteiger partial charge in [-0.15, -0.1) is 0 Å². The van der Waals surface area contributed by atoms with Gasteiger partial charge in [0.1, 0.15) is 5.75 Å². The molecule has 8 heteroatoms. The van der Waals surface area contributed by atoms with Gasteiger partial charge in [-0.1, -0.05) is 31.9 Å². The molecule has 194 valence electrons. The molecular formula is C28H37N3O5. The van der Waals surface area contributed by atoms with Gasteiger partial charge in [0.25, 0.3) is 0 Å². The average molecular weight is 496 g/mol. The number of anilines is 1. The molecule has 2 aromatic carbocycles. The van der Waals surface area contributed by atoms with Crippen molar-refractivity contribution in [2.75, 3.05) is 38.8 Å². The Kier molecular flexibility index (Phi) is 8.23. The van der Waals surface area contributed by atoms with Crippen LogP contribution in [0.5, 0.6) is 17.2 Å². The lowest BCUT2D eigenvalue weighted by atomic mass is 10.0. The minimum Gasteiger partial charge on any atom is -0.496 e. The molecule has 1 aliphatic carbocycles. The van der Waals surface area contributed by atoms with E-state index in [4.69, 9.17) is 19.9 Å². The molecule has 36 heavy (non-hydrogen) atoms. The Morgan fingerprint density at radius 3 is 2.50 bits per heavy atom. The molecule has 8 nitrogen and oxygen atoms in total. The molecule has 1 saturated carbocycles. The molecule has 0 spiro atoms. The number of carbonyl (C=O) groups is 2. The number of hydrogen-bond donors (Lipinski definition) is 1. The fourth-order valence-electron chi connectivity index (χ4n) is 4.76. The molecule has 0 radical (unpaired) electrons. The van der Waals surface area contributed by atoms with E-state index in [-0.39, 0.29) is 18.4 Å².